The van der Waals surface area contributed by atoms with Gasteiger partial charge in [0.1, 0.15) is 5.82 Å². The summed E-state index contributed by atoms with van der Waals surface area (Å²) >= 11 is 0. The van der Waals surface area contributed by atoms with Crippen molar-refractivity contribution in [3.05, 3.63) is 59.5 Å². The molecule has 0 aliphatic heterocycles. The lowest BCUT2D eigenvalue weighted by Gasteiger charge is -2.10. The average Bonchev–Trinajstić information content (AvgIpc) is 2.58. The molecule has 1 amide bonds. The number of aromatic nitrogens is 2. The van der Waals surface area contributed by atoms with Gasteiger partial charge in [-0.1, -0.05) is 18.2 Å². The second-order valence-electron chi connectivity index (χ2n) is 5.22. The molecular weight excluding hydrogens is 309 g/mol. The number of halogens is 1. The molecule has 2 aromatic carbocycles. The second kappa shape index (κ2) is 6.62. The first kappa shape index (κ1) is 15.9. The molecule has 0 fully saturated rings. The van der Waals surface area contributed by atoms with Crippen molar-refractivity contribution in [2.45, 2.75) is 13.8 Å². The molecule has 6 heteroatoms. The van der Waals surface area contributed by atoms with Crippen LogP contribution in [0.2, 0.25) is 0 Å². The lowest BCUT2D eigenvalue weighted by Crippen LogP contribution is -2.17. The number of para-hydroxylation sites is 2. The number of rotatable bonds is 4. The van der Waals surface area contributed by atoms with Crippen molar-refractivity contribution in [3.63, 3.8) is 0 Å². The third-order valence-corrected chi connectivity index (χ3v) is 3.46. The van der Waals surface area contributed by atoms with Crippen molar-refractivity contribution in [1.29, 1.82) is 0 Å². The van der Waals surface area contributed by atoms with Crippen molar-refractivity contribution in [1.82, 2.24) is 9.97 Å². The van der Waals surface area contributed by atoms with Gasteiger partial charge in [0.25, 0.3) is 5.91 Å². The van der Waals surface area contributed by atoms with E-state index in [1.807, 2.05) is 12.1 Å². The predicted octanol–water partition coefficient (Wildman–Crippen LogP) is 3.73. The number of hydrogen-bond donors (Lipinski definition) is 1. The molecule has 24 heavy (non-hydrogen) atoms. The molecule has 1 aromatic heterocycles. The summed E-state index contributed by atoms with van der Waals surface area (Å²) in [7, 11) is 0. The Morgan fingerprint density at radius 2 is 1.88 bits per heavy atom. The van der Waals surface area contributed by atoms with Gasteiger partial charge >= 0.3 is 0 Å². The number of benzene rings is 2. The Labute approximate surface area is 138 Å². The Hall–Kier alpha value is -3.02. The third-order valence-electron chi connectivity index (χ3n) is 3.46. The zero-order chi connectivity index (χ0) is 17.1. The van der Waals surface area contributed by atoms with Crippen LogP contribution >= 0.6 is 0 Å². The van der Waals surface area contributed by atoms with Crippen LogP contribution < -0.4 is 10.1 Å². The van der Waals surface area contributed by atoms with E-state index in [2.05, 4.69) is 15.3 Å². The van der Waals surface area contributed by atoms with Gasteiger partial charge in [0.2, 0.25) is 5.88 Å². The normalized spacial score (nSPS) is 10.6. The maximum atomic E-state index is 13.6. The van der Waals surface area contributed by atoms with E-state index in [0.717, 1.165) is 0 Å². The van der Waals surface area contributed by atoms with Crippen LogP contribution in [-0.2, 0) is 0 Å². The number of ether oxygens (including phenoxy) is 1. The number of carbonyl (C=O) groups is 1. The van der Waals surface area contributed by atoms with E-state index in [-0.39, 0.29) is 17.4 Å². The molecule has 0 unspecified atom stereocenters. The SMILES string of the molecule is CCOc1nc2ccccc2nc1C(=O)Nc1ccc(C)c(F)c1. The zero-order valence-corrected chi connectivity index (χ0v) is 13.3. The van der Waals surface area contributed by atoms with Gasteiger partial charge in [0, 0.05) is 5.69 Å². The lowest BCUT2D eigenvalue weighted by atomic mass is 10.2. The molecular formula is C18H16FN3O2. The molecule has 3 rings (SSSR count). The summed E-state index contributed by atoms with van der Waals surface area (Å²) in [5, 5.41) is 2.63. The van der Waals surface area contributed by atoms with E-state index < -0.39 is 5.91 Å². The van der Waals surface area contributed by atoms with Crippen LogP contribution in [-0.4, -0.2) is 22.5 Å². The van der Waals surface area contributed by atoms with Crippen LogP contribution in [0.5, 0.6) is 5.88 Å². The van der Waals surface area contributed by atoms with Crippen LogP contribution in [0.15, 0.2) is 42.5 Å². The molecule has 0 atom stereocenters. The molecule has 122 valence electrons. The van der Waals surface area contributed by atoms with E-state index in [4.69, 9.17) is 4.74 Å². The van der Waals surface area contributed by atoms with Gasteiger partial charge < -0.3 is 10.1 Å². The second-order valence-corrected chi connectivity index (χ2v) is 5.22. The number of carbonyl (C=O) groups excluding carboxylic acids is 1. The van der Waals surface area contributed by atoms with Gasteiger partial charge in [0.05, 0.1) is 17.6 Å². The first-order chi connectivity index (χ1) is 11.6. The molecule has 0 saturated carbocycles. The van der Waals surface area contributed by atoms with E-state index in [0.29, 0.717) is 28.9 Å². The summed E-state index contributed by atoms with van der Waals surface area (Å²) in [6, 6.07) is 11.7. The van der Waals surface area contributed by atoms with Crippen molar-refractivity contribution < 1.29 is 13.9 Å². The van der Waals surface area contributed by atoms with Crippen molar-refractivity contribution in [3.8, 4) is 5.88 Å². The lowest BCUT2D eigenvalue weighted by molar-refractivity contribution is 0.101. The fraction of sp³-hybridized carbons (Fsp3) is 0.167. The molecule has 0 spiro atoms. The monoisotopic (exact) mass is 325 g/mol. The van der Waals surface area contributed by atoms with Crippen molar-refractivity contribution in [2.75, 3.05) is 11.9 Å². The molecule has 0 radical (unpaired) electrons. The smallest absolute Gasteiger partial charge is 0.279 e. The number of aryl methyl sites for hydroxylation is 1. The average molecular weight is 325 g/mol. The summed E-state index contributed by atoms with van der Waals surface area (Å²) in [5.41, 5.74) is 2.14. The molecule has 5 nitrogen and oxygen atoms in total. The van der Waals surface area contributed by atoms with Gasteiger partial charge in [-0.05, 0) is 43.7 Å². The maximum absolute atomic E-state index is 13.6. The van der Waals surface area contributed by atoms with Crippen LogP contribution in [0.3, 0.4) is 0 Å². The van der Waals surface area contributed by atoms with Crippen LogP contribution in [0.25, 0.3) is 11.0 Å². The fourth-order valence-corrected chi connectivity index (χ4v) is 2.23. The number of hydrogen-bond acceptors (Lipinski definition) is 4. The Morgan fingerprint density at radius 3 is 2.54 bits per heavy atom. The summed E-state index contributed by atoms with van der Waals surface area (Å²) in [4.78, 5) is 21.2. The summed E-state index contributed by atoms with van der Waals surface area (Å²) in [5.74, 6) is -0.733. The topological polar surface area (TPSA) is 64.1 Å². The summed E-state index contributed by atoms with van der Waals surface area (Å²) < 4.78 is 19.1. The Kier molecular flexibility index (Phi) is 4.37. The third kappa shape index (κ3) is 3.17. The largest absolute Gasteiger partial charge is 0.476 e. The highest BCUT2D eigenvalue weighted by molar-refractivity contribution is 6.05. The van der Waals surface area contributed by atoms with Crippen molar-refractivity contribution >= 4 is 22.6 Å². The first-order valence-corrected chi connectivity index (χ1v) is 7.55. The van der Waals surface area contributed by atoms with Gasteiger partial charge in [-0.3, -0.25) is 4.79 Å². The van der Waals surface area contributed by atoms with Crippen LogP contribution in [0.1, 0.15) is 23.0 Å². The van der Waals surface area contributed by atoms with Crippen LogP contribution in [0.4, 0.5) is 10.1 Å². The minimum atomic E-state index is -0.500. The van der Waals surface area contributed by atoms with Crippen molar-refractivity contribution in [2.24, 2.45) is 0 Å². The van der Waals surface area contributed by atoms with E-state index in [9.17, 15) is 9.18 Å². The summed E-state index contributed by atoms with van der Waals surface area (Å²) in [6.45, 7) is 3.81. The molecule has 0 aliphatic rings. The summed E-state index contributed by atoms with van der Waals surface area (Å²) in [6.07, 6.45) is 0. The molecule has 3 aromatic rings. The number of amides is 1. The maximum Gasteiger partial charge on any atom is 0.279 e. The van der Waals surface area contributed by atoms with E-state index in [1.54, 1.807) is 38.1 Å². The predicted molar refractivity (Wildman–Crippen MR) is 89.8 cm³/mol. The van der Waals surface area contributed by atoms with E-state index in [1.165, 1.54) is 6.07 Å². The Morgan fingerprint density at radius 1 is 1.17 bits per heavy atom. The van der Waals surface area contributed by atoms with Crippen LogP contribution in [0, 0.1) is 12.7 Å². The number of nitrogens with one attached hydrogen (secondary N) is 1. The molecule has 1 N–H and O–H groups in total. The van der Waals surface area contributed by atoms with Gasteiger partial charge in [-0.15, -0.1) is 0 Å². The molecule has 0 bridgehead atoms. The Bertz CT molecular complexity index is 912. The highest BCUT2D eigenvalue weighted by Crippen LogP contribution is 2.21. The number of fused-ring (bicyclic) bond motifs is 1. The van der Waals surface area contributed by atoms with E-state index >= 15 is 0 Å². The van der Waals surface area contributed by atoms with Gasteiger partial charge in [0.15, 0.2) is 5.69 Å². The molecule has 1 heterocycles. The highest BCUT2D eigenvalue weighted by atomic mass is 19.1. The minimum Gasteiger partial charge on any atom is -0.476 e. The highest BCUT2D eigenvalue weighted by Gasteiger charge is 2.18. The molecule has 0 saturated heterocycles. The van der Waals surface area contributed by atoms with Gasteiger partial charge in [-0.25, -0.2) is 14.4 Å². The number of nitrogens with zero attached hydrogens (tertiary/aromatic N) is 2. The standard InChI is InChI=1S/C18H16FN3O2/c1-3-24-18-16(21-14-6-4-5-7-15(14)22-18)17(23)20-12-9-8-11(2)13(19)10-12/h4-10H,3H2,1-2H3,(H,20,23). The Balaban J connectivity index is 1.98. The first-order valence-electron chi connectivity index (χ1n) is 7.55. The molecule has 0 aliphatic carbocycles. The minimum absolute atomic E-state index is 0.0662. The quantitative estimate of drug-likeness (QED) is 0.794. The zero-order valence-electron chi connectivity index (χ0n) is 13.3. The van der Waals surface area contributed by atoms with Gasteiger partial charge in [-0.2, -0.15) is 0 Å². The number of anilines is 1. The fourth-order valence-electron chi connectivity index (χ4n) is 2.23.